The fourth-order valence-corrected chi connectivity index (χ4v) is 2.66. The number of thiocarbonyl (C=S) groups is 1. The molecule has 0 saturated heterocycles. The number of carbonyl (C=O) groups is 1. The molecule has 0 unspecified atom stereocenters. The Morgan fingerprint density at radius 2 is 1.41 bits per heavy atom. The minimum absolute atomic E-state index is 0.0712. The number of para-hydroxylation sites is 1. The van der Waals surface area contributed by atoms with Gasteiger partial charge in [-0.15, -0.1) is 0 Å². The summed E-state index contributed by atoms with van der Waals surface area (Å²) in [5.41, 5.74) is 0.592. The van der Waals surface area contributed by atoms with Gasteiger partial charge in [-0.2, -0.15) is 0 Å². The van der Waals surface area contributed by atoms with E-state index >= 15 is 0 Å². The molecule has 148 valence electrons. The first-order valence-electron chi connectivity index (χ1n) is 8.89. The van der Waals surface area contributed by atoms with Crippen molar-refractivity contribution in [1.29, 1.82) is 0 Å². The molecule has 3 rings (SSSR count). The third-order valence-corrected chi connectivity index (χ3v) is 4.03. The molecule has 0 heterocycles. The molecule has 0 fully saturated rings. The van der Waals surface area contributed by atoms with Gasteiger partial charge in [-0.1, -0.05) is 30.3 Å². The Hall–Kier alpha value is -3.45. The summed E-state index contributed by atoms with van der Waals surface area (Å²) in [5.74, 6) is 0.250. The maximum absolute atomic E-state index is 13.6. The molecule has 0 saturated carbocycles. The van der Waals surface area contributed by atoms with Gasteiger partial charge in [0.2, 0.25) is 0 Å². The average molecular weight is 410 g/mol. The lowest BCUT2D eigenvalue weighted by molar-refractivity contribution is 0.0974. The molecule has 5 nitrogen and oxygen atoms in total. The van der Waals surface area contributed by atoms with E-state index in [2.05, 4.69) is 10.6 Å². The molecule has 0 aliphatic heterocycles. The zero-order chi connectivity index (χ0) is 20.5. The first-order valence-corrected chi connectivity index (χ1v) is 9.30. The van der Waals surface area contributed by atoms with Crippen LogP contribution >= 0.6 is 12.2 Å². The van der Waals surface area contributed by atoms with E-state index in [1.807, 2.05) is 30.3 Å². The van der Waals surface area contributed by atoms with Crippen molar-refractivity contribution in [2.45, 2.75) is 0 Å². The molecule has 3 aromatic rings. The summed E-state index contributed by atoms with van der Waals surface area (Å²) in [7, 11) is 0. The molecule has 0 bridgehead atoms. The van der Waals surface area contributed by atoms with Gasteiger partial charge < -0.3 is 14.8 Å². The number of rotatable bonds is 7. The molecule has 0 aliphatic carbocycles. The Morgan fingerprint density at radius 1 is 0.828 bits per heavy atom. The van der Waals surface area contributed by atoms with Crippen molar-refractivity contribution in [1.82, 2.24) is 5.32 Å². The summed E-state index contributed by atoms with van der Waals surface area (Å²) in [4.78, 5) is 12.1. The van der Waals surface area contributed by atoms with Crippen molar-refractivity contribution in [3.63, 3.8) is 0 Å². The van der Waals surface area contributed by atoms with E-state index in [0.717, 1.165) is 5.75 Å². The smallest absolute Gasteiger partial charge is 0.260 e. The first-order chi connectivity index (χ1) is 14.1. The molecule has 0 spiro atoms. The van der Waals surface area contributed by atoms with Crippen LogP contribution in [0.3, 0.4) is 0 Å². The van der Waals surface area contributed by atoms with Gasteiger partial charge in [-0.25, -0.2) is 4.39 Å². The largest absolute Gasteiger partial charge is 0.490 e. The van der Waals surface area contributed by atoms with E-state index in [0.29, 0.717) is 24.7 Å². The van der Waals surface area contributed by atoms with E-state index in [9.17, 15) is 9.18 Å². The molecule has 0 atom stereocenters. The van der Waals surface area contributed by atoms with E-state index < -0.39 is 11.7 Å². The highest BCUT2D eigenvalue weighted by atomic mass is 32.1. The number of hydrogen-bond donors (Lipinski definition) is 2. The van der Waals surface area contributed by atoms with Crippen molar-refractivity contribution < 1.29 is 18.7 Å². The van der Waals surface area contributed by atoms with Crippen LogP contribution < -0.4 is 20.1 Å². The van der Waals surface area contributed by atoms with E-state index in [1.165, 1.54) is 18.2 Å². The molecule has 7 heteroatoms. The second-order valence-corrected chi connectivity index (χ2v) is 6.33. The van der Waals surface area contributed by atoms with Crippen LogP contribution in [0.1, 0.15) is 10.4 Å². The number of carbonyl (C=O) groups excluding carboxylic acids is 1. The van der Waals surface area contributed by atoms with Crippen LogP contribution in [0.15, 0.2) is 78.9 Å². The van der Waals surface area contributed by atoms with Crippen molar-refractivity contribution in [2.75, 3.05) is 18.5 Å². The van der Waals surface area contributed by atoms with Crippen LogP contribution in [-0.2, 0) is 0 Å². The van der Waals surface area contributed by atoms with Gasteiger partial charge in [0.25, 0.3) is 5.91 Å². The van der Waals surface area contributed by atoms with Gasteiger partial charge >= 0.3 is 0 Å². The van der Waals surface area contributed by atoms with Gasteiger partial charge in [0.05, 0.1) is 5.56 Å². The summed E-state index contributed by atoms with van der Waals surface area (Å²) >= 11 is 5.11. The van der Waals surface area contributed by atoms with Crippen molar-refractivity contribution >= 4 is 28.9 Å². The number of nitrogens with one attached hydrogen (secondary N) is 2. The van der Waals surface area contributed by atoms with E-state index in [-0.39, 0.29) is 10.7 Å². The Kier molecular flexibility index (Phi) is 7.13. The Bertz CT molecular complexity index is 965. The topological polar surface area (TPSA) is 59.6 Å². The molecular weight excluding hydrogens is 391 g/mol. The van der Waals surface area contributed by atoms with Crippen molar-refractivity contribution in [3.8, 4) is 11.5 Å². The summed E-state index contributed by atoms with van der Waals surface area (Å²) in [6.07, 6.45) is 0. The molecule has 0 aromatic heterocycles. The lowest BCUT2D eigenvalue weighted by Gasteiger charge is -2.11. The fraction of sp³-hybridized carbons (Fsp3) is 0.0909. The van der Waals surface area contributed by atoms with Crippen molar-refractivity contribution in [3.05, 3.63) is 90.2 Å². The predicted molar refractivity (Wildman–Crippen MR) is 114 cm³/mol. The van der Waals surface area contributed by atoms with Crippen LogP contribution in [0, 0.1) is 5.82 Å². The maximum atomic E-state index is 13.6. The lowest BCUT2D eigenvalue weighted by atomic mass is 10.2. The quantitative estimate of drug-likeness (QED) is 0.446. The van der Waals surface area contributed by atoms with Gasteiger partial charge in [0.15, 0.2) is 5.11 Å². The van der Waals surface area contributed by atoms with Gasteiger partial charge in [0, 0.05) is 5.69 Å². The SMILES string of the molecule is O=C(NC(=S)Nc1ccc(OCCOc2ccccc2)cc1)c1ccccc1F. The summed E-state index contributed by atoms with van der Waals surface area (Å²) < 4.78 is 24.8. The van der Waals surface area contributed by atoms with Crippen molar-refractivity contribution in [2.24, 2.45) is 0 Å². The van der Waals surface area contributed by atoms with Crippen LogP contribution in [0.5, 0.6) is 11.5 Å². The van der Waals surface area contributed by atoms with Gasteiger partial charge in [-0.3, -0.25) is 10.1 Å². The monoisotopic (exact) mass is 410 g/mol. The lowest BCUT2D eigenvalue weighted by Crippen LogP contribution is -2.34. The molecule has 0 radical (unpaired) electrons. The Balaban J connectivity index is 1.43. The van der Waals surface area contributed by atoms with Crippen LogP contribution in [0.4, 0.5) is 10.1 Å². The van der Waals surface area contributed by atoms with Gasteiger partial charge in [-0.05, 0) is 60.7 Å². The highest BCUT2D eigenvalue weighted by molar-refractivity contribution is 7.80. The molecule has 1 amide bonds. The number of anilines is 1. The minimum Gasteiger partial charge on any atom is -0.490 e. The normalized spacial score (nSPS) is 10.1. The minimum atomic E-state index is -0.612. The van der Waals surface area contributed by atoms with E-state index in [1.54, 1.807) is 30.3 Å². The molecular formula is C22H19FN2O3S. The second-order valence-electron chi connectivity index (χ2n) is 5.92. The number of amides is 1. The van der Waals surface area contributed by atoms with Crippen LogP contribution in [0.2, 0.25) is 0 Å². The summed E-state index contributed by atoms with van der Waals surface area (Å²) in [6.45, 7) is 0.828. The number of hydrogen-bond acceptors (Lipinski definition) is 4. The summed E-state index contributed by atoms with van der Waals surface area (Å²) in [6, 6.07) is 22.3. The average Bonchev–Trinajstić information content (AvgIpc) is 2.73. The zero-order valence-corrected chi connectivity index (χ0v) is 16.2. The molecule has 2 N–H and O–H groups in total. The highest BCUT2D eigenvalue weighted by Gasteiger charge is 2.12. The number of ether oxygens (including phenoxy) is 2. The second kappa shape index (κ2) is 10.2. The van der Waals surface area contributed by atoms with Gasteiger partial charge in [0.1, 0.15) is 30.5 Å². The first kappa shape index (κ1) is 20.3. The standard InChI is InChI=1S/C22H19FN2O3S/c23-20-9-5-4-8-19(20)21(26)25-22(29)24-16-10-12-18(13-11-16)28-15-14-27-17-6-2-1-3-7-17/h1-13H,14-15H2,(H2,24,25,26,29). The third-order valence-electron chi connectivity index (χ3n) is 3.82. The van der Waals surface area contributed by atoms with Crippen LogP contribution in [-0.4, -0.2) is 24.2 Å². The van der Waals surface area contributed by atoms with Crippen LogP contribution in [0.25, 0.3) is 0 Å². The summed E-state index contributed by atoms with van der Waals surface area (Å²) in [5, 5.41) is 5.40. The predicted octanol–water partition coefficient (Wildman–Crippen LogP) is 4.41. The Morgan fingerprint density at radius 3 is 2.07 bits per heavy atom. The fourth-order valence-electron chi connectivity index (χ4n) is 2.45. The molecule has 0 aliphatic rings. The number of benzene rings is 3. The maximum Gasteiger partial charge on any atom is 0.260 e. The molecule has 29 heavy (non-hydrogen) atoms. The molecule has 3 aromatic carbocycles. The van der Waals surface area contributed by atoms with E-state index in [4.69, 9.17) is 21.7 Å². The third kappa shape index (κ3) is 6.29. The zero-order valence-electron chi connectivity index (χ0n) is 15.4. The number of halogens is 1. The Labute approximate surface area is 173 Å². The highest BCUT2D eigenvalue weighted by Crippen LogP contribution is 2.16.